The fourth-order valence-corrected chi connectivity index (χ4v) is 1.85. The Labute approximate surface area is 144 Å². The number of carbonyl (C=O) groups is 2. The molecule has 0 aliphatic heterocycles. The van der Waals surface area contributed by atoms with E-state index in [-0.39, 0.29) is 24.0 Å². The second-order valence-corrected chi connectivity index (χ2v) is 6.01. The molecule has 0 aliphatic carbocycles. The van der Waals surface area contributed by atoms with Gasteiger partial charge in [-0.25, -0.2) is 4.79 Å². The lowest BCUT2D eigenvalue weighted by Gasteiger charge is -2.10. The summed E-state index contributed by atoms with van der Waals surface area (Å²) in [6.45, 7) is 8.42. The Morgan fingerprint density at radius 3 is 2.21 bits per heavy atom. The third-order valence-corrected chi connectivity index (χ3v) is 3.50. The molecule has 0 heterocycles. The number of rotatable bonds is 10. The smallest absolute Gasteiger partial charge is 0.338 e. The number of hydrogen-bond donors (Lipinski definition) is 0. The maximum Gasteiger partial charge on any atom is 0.338 e. The zero-order valence-electron chi connectivity index (χ0n) is 15.0. The van der Waals surface area contributed by atoms with Crippen LogP contribution in [0.25, 0.3) is 0 Å². The summed E-state index contributed by atoms with van der Waals surface area (Å²) in [6.07, 6.45) is 2.22. The molecular weight excluding hydrogens is 308 g/mol. The maximum absolute atomic E-state index is 11.7. The summed E-state index contributed by atoms with van der Waals surface area (Å²) in [5.74, 6) is 0.191. The van der Waals surface area contributed by atoms with Crippen molar-refractivity contribution in [3.05, 3.63) is 29.8 Å². The first kappa shape index (κ1) is 20.0. The highest BCUT2D eigenvalue weighted by Crippen LogP contribution is 2.14. The van der Waals surface area contributed by atoms with E-state index in [2.05, 4.69) is 0 Å². The van der Waals surface area contributed by atoms with Crippen LogP contribution >= 0.6 is 0 Å². The molecule has 0 fully saturated rings. The number of benzene rings is 1. The second-order valence-electron chi connectivity index (χ2n) is 6.01. The molecule has 0 saturated carbocycles. The molecule has 5 nitrogen and oxygen atoms in total. The van der Waals surface area contributed by atoms with Gasteiger partial charge in [0.1, 0.15) is 5.75 Å². The van der Waals surface area contributed by atoms with Gasteiger partial charge in [-0.3, -0.25) is 4.79 Å². The van der Waals surface area contributed by atoms with Crippen molar-refractivity contribution in [1.29, 1.82) is 0 Å². The number of carbonyl (C=O) groups excluding carboxylic acids is 2. The molecule has 0 saturated heterocycles. The second kappa shape index (κ2) is 10.7. The van der Waals surface area contributed by atoms with Crippen LogP contribution in [0.2, 0.25) is 0 Å². The van der Waals surface area contributed by atoms with Crippen molar-refractivity contribution in [1.82, 2.24) is 0 Å². The van der Waals surface area contributed by atoms with E-state index in [1.165, 1.54) is 0 Å². The van der Waals surface area contributed by atoms with E-state index in [1.54, 1.807) is 24.3 Å². The lowest BCUT2D eigenvalue weighted by atomic mass is 10.1. The molecule has 0 bridgehead atoms. The van der Waals surface area contributed by atoms with Gasteiger partial charge < -0.3 is 14.2 Å². The quantitative estimate of drug-likeness (QED) is 0.477. The highest BCUT2D eigenvalue weighted by atomic mass is 16.5. The van der Waals surface area contributed by atoms with Crippen LogP contribution in [0.4, 0.5) is 0 Å². The Kier molecular flexibility index (Phi) is 8.90. The molecule has 24 heavy (non-hydrogen) atoms. The molecule has 0 amide bonds. The van der Waals surface area contributed by atoms with E-state index < -0.39 is 0 Å². The Hall–Kier alpha value is -2.04. The zero-order valence-corrected chi connectivity index (χ0v) is 15.0. The topological polar surface area (TPSA) is 61.8 Å². The van der Waals surface area contributed by atoms with Crippen molar-refractivity contribution in [2.75, 3.05) is 13.2 Å². The molecule has 1 aromatic carbocycles. The average Bonchev–Trinajstić information content (AvgIpc) is 2.56. The summed E-state index contributed by atoms with van der Waals surface area (Å²) in [7, 11) is 0. The lowest BCUT2D eigenvalue weighted by Crippen LogP contribution is -2.15. The SMILES string of the molecule is CCC(C)C(=O)OCCCCOc1ccc(C(=O)OC(C)C)cc1. The van der Waals surface area contributed by atoms with E-state index in [0.717, 1.165) is 19.3 Å². The van der Waals surface area contributed by atoms with E-state index in [1.807, 2.05) is 27.7 Å². The normalized spacial score (nSPS) is 11.9. The molecule has 5 heteroatoms. The fraction of sp³-hybridized carbons (Fsp3) is 0.579. The standard InChI is InChI=1S/C19H28O5/c1-5-15(4)18(20)23-13-7-6-12-22-17-10-8-16(9-11-17)19(21)24-14(2)3/h8-11,14-15H,5-7,12-13H2,1-4H3. The number of esters is 2. The third-order valence-electron chi connectivity index (χ3n) is 3.50. The van der Waals surface area contributed by atoms with Crippen molar-refractivity contribution in [3.8, 4) is 5.75 Å². The highest BCUT2D eigenvalue weighted by Gasteiger charge is 2.11. The molecule has 1 aromatic rings. The highest BCUT2D eigenvalue weighted by molar-refractivity contribution is 5.89. The maximum atomic E-state index is 11.7. The van der Waals surface area contributed by atoms with Gasteiger partial charge in [-0.15, -0.1) is 0 Å². The van der Waals surface area contributed by atoms with E-state index in [4.69, 9.17) is 14.2 Å². The summed E-state index contributed by atoms with van der Waals surface area (Å²) in [4.78, 5) is 23.2. The molecule has 1 unspecified atom stereocenters. The summed E-state index contributed by atoms with van der Waals surface area (Å²) in [6, 6.07) is 6.88. The van der Waals surface area contributed by atoms with Gasteiger partial charge in [-0.1, -0.05) is 13.8 Å². The Bertz CT molecular complexity index is 507. The van der Waals surface area contributed by atoms with Crippen molar-refractivity contribution in [2.45, 2.75) is 53.1 Å². The molecule has 0 radical (unpaired) electrons. The van der Waals surface area contributed by atoms with Crippen molar-refractivity contribution >= 4 is 11.9 Å². The van der Waals surface area contributed by atoms with E-state index in [9.17, 15) is 9.59 Å². The monoisotopic (exact) mass is 336 g/mol. The predicted molar refractivity (Wildman–Crippen MR) is 92.1 cm³/mol. The first-order chi connectivity index (χ1) is 11.4. The minimum Gasteiger partial charge on any atom is -0.494 e. The van der Waals surface area contributed by atoms with Crippen LogP contribution in [0, 0.1) is 5.92 Å². The summed E-state index contributed by atoms with van der Waals surface area (Å²) in [5, 5.41) is 0. The van der Waals surface area contributed by atoms with Gasteiger partial charge in [-0.05, 0) is 57.4 Å². The van der Waals surface area contributed by atoms with Crippen LogP contribution in [-0.4, -0.2) is 31.3 Å². The van der Waals surface area contributed by atoms with Crippen LogP contribution in [0.3, 0.4) is 0 Å². The van der Waals surface area contributed by atoms with Gasteiger partial charge in [0.05, 0.1) is 30.8 Å². The fourth-order valence-electron chi connectivity index (χ4n) is 1.85. The summed E-state index contributed by atoms with van der Waals surface area (Å²) >= 11 is 0. The van der Waals surface area contributed by atoms with Crippen LogP contribution in [0.15, 0.2) is 24.3 Å². The van der Waals surface area contributed by atoms with Crippen LogP contribution in [-0.2, 0) is 14.3 Å². The Morgan fingerprint density at radius 2 is 1.62 bits per heavy atom. The van der Waals surface area contributed by atoms with E-state index in [0.29, 0.717) is 24.5 Å². The molecule has 1 rings (SSSR count). The lowest BCUT2D eigenvalue weighted by molar-refractivity contribution is -0.148. The Morgan fingerprint density at radius 1 is 1.00 bits per heavy atom. The first-order valence-electron chi connectivity index (χ1n) is 8.54. The van der Waals surface area contributed by atoms with Crippen molar-refractivity contribution < 1.29 is 23.8 Å². The van der Waals surface area contributed by atoms with Crippen LogP contribution in [0.5, 0.6) is 5.75 Å². The third kappa shape index (κ3) is 7.49. The summed E-state index contributed by atoms with van der Waals surface area (Å²) < 4.78 is 15.9. The Balaban J connectivity index is 2.22. The molecule has 1 atom stereocenters. The van der Waals surface area contributed by atoms with E-state index >= 15 is 0 Å². The van der Waals surface area contributed by atoms with Gasteiger partial charge in [0.2, 0.25) is 0 Å². The average molecular weight is 336 g/mol. The molecule has 0 aliphatic rings. The molecular formula is C19H28O5. The molecule has 0 spiro atoms. The van der Waals surface area contributed by atoms with Gasteiger partial charge in [0.25, 0.3) is 0 Å². The van der Waals surface area contributed by atoms with Crippen molar-refractivity contribution in [3.63, 3.8) is 0 Å². The van der Waals surface area contributed by atoms with Gasteiger partial charge in [-0.2, -0.15) is 0 Å². The minimum atomic E-state index is -0.334. The first-order valence-corrected chi connectivity index (χ1v) is 8.54. The number of hydrogen-bond acceptors (Lipinski definition) is 5. The summed E-state index contributed by atoms with van der Waals surface area (Å²) in [5.41, 5.74) is 0.507. The number of unbranched alkanes of at least 4 members (excludes halogenated alkanes) is 1. The largest absolute Gasteiger partial charge is 0.494 e. The van der Waals surface area contributed by atoms with Crippen molar-refractivity contribution in [2.24, 2.45) is 5.92 Å². The van der Waals surface area contributed by atoms with Crippen LogP contribution < -0.4 is 4.74 Å². The van der Waals surface area contributed by atoms with Gasteiger partial charge >= 0.3 is 11.9 Å². The molecule has 0 N–H and O–H groups in total. The van der Waals surface area contributed by atoms with Crippen LogP contribution in [0.1, 0.15) is 57.3 Å². The minimum absolute atomic E-state index is 0.0397. The zero-order chi connectivity index (χ0) is 17.9. The molecule has 0 aromatic heterocycles. The predicted octanol–water partition coefficient (Wildman–Crippen LogP) is 4.00. The number of ether oxygens (including phenoxy) is 3. The molecule has 134 valence electrons. The van der Waals surface area contributed by atoms with Gasteiger partial charge in [0.15, 0.2) is 0 Å². The van der Waals surface area contributed by atoms with Gasteiger partial charge in [0, 0.05) is 0 Å².